The van der Waals surface area contributed by atoms with E-state index in [0.717, 1.165) is 11.9 Å². The van der Waals surface area contributed by atoms with Crippen LogP contribution >= 0.6 is 0 Å². The molecule has 2 nitrogen and oxygen atoms in total. The summed E-state index contributed by atoms with van der Waals surface area (Å²) in [6.45, 7) is 0. The first-order chi connectivity index (χ1) is 5.90. The molecule has 0 bridgehead atoms. The van der Waals surface area contributed by atoms with Gasteiger partial charge < -0.3 is 4.74 Å². The lowest BCUT2D eigenvalue weighted by Gasteiger charge is -2.17. The van der Waals surface area contributed by atoms with E-state index in [1.54, 1.807) is 6.26 Å². The lowest BCUT2D eigenvalue weighted by atomic mass is 9.94. The Bertz CT molecular complexity index is 319. The van der Waals surface area contributed by atoms with E-state index in [1.165, 1.54) is 0 Å². The Morgan fingerprint density at radius 1 is 1.42 bits per heavy atom. The number of hydrogen-bond donors (Lipinski definition) is 0. The first-order valence-corrected chi connectivity index (χ1v) is 3.79. The summed E-state index contributed by atoms with van der Waals surface area (Å²) in [7, 11) is 0. The molecular weight excluding hydrogens is 152 g/mol. The fourth-order valence-corrected chi connectivity index (χ4v) is 1.26. The standard InChI is InChI=1S/C10H8O2/c11-6-10-5-8-3-1-2-4-9(8)7-12-10/h1-8H. The monoisotopic (exact) mass is 160 g/mol. The van der Waals surface area contributed by atoms with Crippen molar-refractivity contribution in [3.63, 3.8) is 0 Å². The fraction of sp³-hybridized carbons (Fsp3) is 0.100. The van der Waals surface area contributed by atoms with Crippen molar-refractivity contribution in [2.24, 2.45) is 5.92 Å². The molecule has 1 atom stereocenters. The van der Waals surface area contributed by atoms with E-state index in [9.17, 15) is 4.79 Å². The van der Waals surface area contributed by atoms with Crippen LogP contribution in [0.1, 0.15) is 0 Å². The molecule has 1 aliphatic carbocycles. The third-order valence-corrected chi connectivity index (χ3v) is 1.89. The summed E-state index contributed by atoms with van der Waals surface area (Å²) in [6, 6.07) is 0. The Kier molecular flexibility index (Phi) is 1.67. The van der Waals surface area contributed by atoms with Gasteiger partial charge in [0.1, 0.15) is 0 Å². The zero-order valence-corrected chi connectivity index (χ0v) is 6.44. The minimum absolute atomic E-state index is 0.212. The first kappa shape index (κ1) is 7.10. The first-order valence-electron chi connectivity index (χ1n) is 3.79. The number of allylic oxidation sites excluding steroid dienone is 7. The van der Waals surface area contributed by atoms with Gasteiger partial charge in [-0.1, -0.05) is 24.3 Å². The highest BCUT2D eigenvalue weighted by Crippen LogP contribution is 2.25. The average Bonchev–Trinajstić information content (AvgIpc) is 2.17. The van der Waals surface area contributed by atoms with Crippen molar-refractivity contribution >= 4 is 6.29 Å². The largest absolute Gasteiger partial charge is 0.462 e. The van der Waals surface area contributed by atoms with Gasteiger partial charge in [-0.2, -0.15) is 0 Å². The smallest absolute Gasteiger partial charge is 0.184 e. The number of fused-ring (bicyclic) bond motifs is 1. The van der Waals surface area contributed by atoms with Gasteiger partial charge in [-0.15, -0.1) is 0 Å². The molecule has 0 radical (unpaired) electrons. The van der Waals surface area contributed by atoms with Gasteiger partial charge in [0.05, 0.1) is 6.26 Å². The molecule has 0 N–H and O–H groups in total. The summed E-state index contributed by atoms with van der Waals surface area (Å²) in [6.07, 6.45) is 12.1. The van der Waals surface area contributed by atoms with Crippen LogP contribution in [0, 0.1) is 5.92 Å². The third-order valence-electron chi connectivity index (χ3n) is 1.89. The average molecular weight is 160 g/mol. The molecule has 0 aromatic carbocycles. The molecule has 0 aromatic heterocycles. The lowest BCUT2D eigenvalue weighted by Crippen LogP contribution is -2.06. The molecule has 1 heterocycles. The van der Waals surface area contributed by atoms with Crippen molar-refractivity contribution in [2.75, 3.05) is 0 Å². The maximum atomic E-state index is 10.4. The van der Waals surface area contributed by atoms with Crippen LogP contribution in [0.25, 0.3) is 0 Å². The van der Waals surface area contributed by atoms with Crippen LogP contribution in [-0.4, -0.2) is 6.29 Å². The highest BCUT2D eigenvalue weighted by molar-refractivity contribution is 5.71. The van der Waals surface area contributed by atoms with E-state index in [0.29, 0.717) is 5.76 Å². The molecule has 0 aromatic rings. The SMILES string of the molecule is O=CC1=CC2C=CC=CC2=CO1. The van der Waals surface area contributed by atoms with Gasteiger partial charge in [-0.3, -0.25) is 4.79 Å². The molecule has 1 unspecified atom stereocenters. The van der Waals surface area contributed by atoms with Crippen LogP contribution in [0.2, 0.25) is 0 Å². The highest BCUT2D eigenvalue weighted by Gasteiger charge is 2.14. The van der Waals surface area contributed by atoms with Gasteiger partial charge in [0.2, 0.25) is 0 Å². The molecule has 2 aliphatic rings. The predicted octanol–water partition coefficient (Wildman–Crippen LogP) is 1.73. The molecule has 12 heavy (non-hydrogen) atoms. The molecular formula is C10H8O2. The van der Waals surface area contributed by atoms with Crippen molar-refractivity contribution in [2.45, 2.75) is 0 Å². The second kappa shape index (κ2) is 2.81. The van der Waals surface area contributed by atoms with Crippen molar-refractivity contribution in [1.29, 1.82) is 0 Å². The molecule has 0 spiro atoms. The number of aldehydes is 1. The maximum Gasteiger partial charge on any atom is 0.184 e. The van der Waals surface area contributed by atoms with Crippen LogP contribution in [-0.2, 0) is 9.53 Å². The normalized spacial score (nSPS) is 25.2. The van der Waals surface area contributed by atoms with Crippen LogP contribution in [0.5, 0.6) is 0 Å². The Hall–Kier alpha value is -1.57. The van der Waals surface area contributed by atoms with Gasteiger partial charge in [0.25, 0.3) is 0 Å². The molecule has 0 saturated heterocycles. The molecule has 60 valence electrons. The van der Waals surface area contributed by atoms with E-state index in [1.807, 2.05) is 30.4 Å². The number of hydrogen-bond acceptors (Lipinski definition) is 2. The van der Waals surface area contributed by atoms with Gasteiger partial charge in [0.15, 0.2) is 12.0 Å². The summed E-state index contributed by atoms with van der Waals surface area (Å²) < 4.78 is 5.04. The minimum Gasteiger partial charge on any atom is -0.462 e. The predicted molar refractivity (Wildman–Crippen MR) is 45.1 cm³/mol. The third kappa shape index (κ3) is 1.11. The molecule has 0 amide bonds. The topological polar surface area (TPSA) is 26.3 Å². The number of carbonyl (C=O) groups excluding carboxylic acids is 1. The lowest BCUT2D eigenvalue weighted by molar-refractivity contribution is -0.107. The van der Waals surface area contributed by atoms with Crippen molar-refractivity contribution in [1.82, 2.24) is 0 Å². The van der Waals surface area contributed by atoms with Crippen LogP contribution < -0.4 is 0 Å². The minimum atomic E-state index is 0.212. The van der Waals surface area contributed by atoms with Gasteiger partial charge >= 0.3 is 0 Å². The Morgan fingerprint density at radius 3 is 3.17 bits per heavy atom. The van der Waals surface area contributed by atoms with Crippen LogP contribution in [0.3, 0.4) is 0 Å². The Labute approximate surface area is 70.5 Å². The van der Waals surface area contributed by atoms with Crippen LogP contribution in [0.4, 0.5) is 0 Å². The summed E-state index contributed by atoms with van der Waals surface area (Å²) >= 11 is 0. The fourth-order valence-electron chi connectivity index (χ4n) is 1.26. The van der Waals surface area contributed by atoms with Gasteiger partial charge in [-0.25, -0.2) is 0 Å². The summed E-state index contributed by atoms with van der Waals surface area (Å²) in [5, 5.41) is 0. The number of rotatable bonds is 1. The van der Waals surface area contributed by atoms with E-state index < -0.39 is 0 Å². The maximum absolute atomic E-state index is 10.4. The molecule has 0 saturated carbocycles. The second-order valence-corrected chi connectivity index (χ2v) is 2.69. The van der Waals surface area contributed by atoms with Gasteiger partial charge in [-0.05, 0) is 11.6 Å². The Balaban J connectivity index is 2.29. The number of ether oxygens (including phenoxy) is 1. The van der Waals surface area contributed by atoms with E-state index in [2.05, 4.69) is 0 Å². The van der Waals surface area contributed by atoms with E-state index in [-0.39, 0.29) is 5.92 Å². The summed E-state index contributed by atoms with van der Waals surface area (Å²) in [4.78, 5) is 10.4. The van der Waals surface area contributed by atoms with Crippen molar-refractivity contribution in [3.8, 4) is 0 Å². The quantitative estimate of drug-likeness (QED) is 0.546. The highest BCUT2D eigenvalue weighted by atomic mass is 16.5. The van der Waals surface area contributed by atoms with Crippen molar-refractivity contribution in [3.05, 3.63) is 48.0 Å². The summed E-state index contributed by atoms with van der Waals surface area (Å²) in [5.74, 6) is 0.604. The molecule has 1 aliphatic heterocycles. The zero-order valence-electron chi connectivity index (χ0n) is 6.44. The number of carbonyl (C=O) groups is 1. The van der Waals surface area contributed by atoms with Crippen LogP contribution in [0.15, 0.2) is 48.0 Å². The van der Waals surface area contributed by atoms with Gasteiger partial charge in [0, 0.05) is 5.92 Å². The summed E-state index contributed by atoms with van der Waals surface area (Å²) in [5.41, 5.74) is 1.09. The van der Waals surface area contributed by atoms with Crippen molar-refractivity contribution < 1.29 is 9.53 Å². The zero-order chi connectivity index (χ0) is 8.39. The Morgan fingerprint density at radius 2 is 2.33 bits per heavy atom. The molecule has 2 rings (SSSR count). The van der Waals surface area contributed by atoms with E-state index >= 15 is 0 Å². The molecule has 2 heteroatoms. The molecule has 0 fully saturated rings. The second-order valence-electron chi connectivity index (χ2n) is 2.69. The van der Waals surface area contributed by atoms with E-state index in [4.69, 9.17) is 4.74 Å².